The number of nitrogen functional groups attached to an aromatic ring is 1. The van der Waals surface area contributed by atoms with Crippen LogP contribution in [0, 0.1) is 0 Å². The van der Waals surface area contributed by atoms with Gasteiger partial charge in [-0.1, -0.05) is 13.8 Å². The molecule has 0 aliphatic heterocycles. The van der Waals surface area contributed by atoms with E-state index in [-0.39, 0.29) is 0 Å². The molecule has 0 radical (unpaired) electrons. The van der Waals surface area contributed by atoms with Crippen molar-refractivity contribution in [2.75, 3.05) is 24.2 Å². The molecule has 108 valence electrons. The van der Waals surface area contributed by atoms with Crippen molar-refractivity contribution in [2.24, 2.45) is 0 Å². The smallest absolute Gasteiger partial charge is 0.158 e. The van der Waals surface area contributed by atoms with E-state index in [0.717, 1.165) is 0 Å². The van der Waals surface area contributed by atoms with Crippen LogP contribution in [-0.2, 0) is 11.3 Å². The fourth-order valence-electron chi connectivity index (χ4n) is 1.62. The number of aliphatic hydroxyl groups is 1. The summed E-state index contributed by atoms with van der Waals surface area (Å²) in [5.74, 6) is 1.55. The van der Waals surface area contributed by atoms with Gasteiger partial charge in [-0.15, -0.1) is 0 Å². The summed E-state index contributed by atoms with van der Waals surface area (Å²) in [5, 5.41) is 13.3. The number of nitrogens with zero attached hydrogens (tertiary/aromatic N) is 2. The van der Waals surface area contributed by atoms with Crippen molar-refractivity contribution in [3.8, 4) is 0 Å². The van der Waals surface area contributed by atoms with E-state index in [9.17, 15) is 5.11 Å². The van der Waals surface area contributed by atoms with E-state index in [0.29, 0.717) is 50.1 Å². The summed E-state index contributed by atoms with van der Waals surface area (Å²) in [4.78, 5) is 8.40. The minimum absolute atomic E-state index is 0.335. The van der Waals surface area contributed by atoms with Crippen molar-refractivity contribution in [2.45, 2.75) is 45.8 Å². The second kappa shape index (κ2) is 7.25. The van der Waals surface area contributed by atoms with Crippen molar-refractivity contribution in [3.63, 3.8) is 0 Å². The lowest BCUT2D eigenvalue weighted by molar-refractivity contribution is 0.0456. The highest BCUT2D eigenvalue weighted by Crippen LogP contribution is 2.16. The van der Waals surface area contributed by atoms with Gasteiger partial charge >= 0.3 is 0 Å². The van der Waals surface area contributed by atoms with Crippen LogP contribution in [0.25, 0.3) is 0 Å². The second-order valence-electron chi connectivity index (χ2n) is 4.52. The predicted octanol–water partition coefficient (Wildman–Crippen LogP) is 1.56. The summed E-state index contributed by atoms with van der Waals surface area (Å²) in [6.07, 6.45) is 1.37. The van der Waals surface area contributed by atoms with Gasteiger partial charge in [-0.3, -0.25) is 0 Å². The van der Waals surface area contributed by atoms with E-state index >= 15 is 0 Å². The molecule has 0 atom stereocenters. The van der Waals surface area contributed by atoms with Gasteiger partial charge in [0, 0.05) is 19.2 Å². The normalized spacial score (nSPS) is 11.6. The Morgan fingerprint density at radius 2 is 2.00 bits per heavy atom. The molecule has 0 spiro atoms. The van der Waals surface area contributed by atoms with Crippen LogP contribution in [0.15, 0.2) is 6.07 Å². The number of hydrogen-bond donors (Lipinski definition) is 3. The van der Waals surface area contributed by atoms with Crippen LogP contribution in [0.2, 0.25) is 0 Å². The molecule has 1 heterocycles. The molecule has 4 N–H and O–H groups in total. The molecule has 0 unspecified atom stereocenters. The summed E-state index contributed by atoms with van der Waals surface area (Å²) in [7, 11) is 0. The average Bonchev–Trinajstić information content (AvgIpc) is 2.42. The van der Waals surface area contributed by atoms with Gasteiger partial charge in [0.05, 0.1) is 5.60 Å². The van der Waals surface area contributed by atoms with Gasteiger partial charge in [-0.05, 0) is 19.8 Å². The molecule has 19 heavy (non-hydrogen) atoms. The van der Waals surface area contributed by atoms with Gasteiger partial charge < -0.3 is 20.9 Å². The van der Waals surface area contributed by atoms with Crippen molar-refractivity contribution in [3.05, 3.63) is 11.9 Å². The van der Waals surface area contributed by atoms with Crippen LogP contribution in [0.3, 0.4) is 0 Å². The van der Waals surface area contributed by atoms with Crippen LogP contribution >= 0.6 is 0 Å². The molecule has 0 fully saturated rings. The third-order valence-corrected chi connectivity index (χ3v) is 3.14. The summed E-state index contributed by atoms with van der Waals surface area (Å²) < 4.78 is 5.26. The molecular formula is C13H24N4O2. The van der Waals surface area contributed by atoms with Gasteiger partial charge in [-0.25, -0.2) is 9.97 Å². The number of nitrogens with two attached hydrogens (primary N) is 1. The van der Waals surface area contributed by atoms with Crippen molar-refractivity contribution < 1.29 is 9.84 Å². The Labute approximate surface area is 114 Å². The van der Waals surface area contributed by atoms with Crippen molar-refractivity contribution >= 4 is 11.6 Å². The number of anilines is 2. The highest BCUT2D eigenvalue weighted by molar-refractivity contribution is 5.44. The van der Waals surface area contributed by atoms with Crippen molar-refractivity contribution in [1.82, 2.24) is 9.97 Å². The number of nitrogens with one attached hydrogen (secondary N) is 1. The molecule has 0 amide bonds. The Balaban J connectivity index is 2.70. The molecule has 1 aromatic rings. The van der Waals surface area contributed by atoms with Crippen LogP contribution < -0.4 is 11.1 Å². The monoisotopic (exact) mass is 268 g/mol. The Morgan fingerprint density at radius 1 is 1.32 bits per heavy atom. The maximum Gasteiger partial charge on any atom is 0.158 e. The summed E-state index contributed by atoms with van der Waals surface area (Å²) in [5.41, 5.74) is 5.00. The molecule has 6 heteroatoms. The third-order valence-electron chi connectivity index (χ3n) is 3.14. The van der Waals surface area contributed by atoms with E-state index in [1.165, 1.54) is 0 Å². The molecular weight excluding hydrogens is 244 g/mol. The Bertz CT molecular complexity index is 394. The maximum atomic E-state index is 10.2. The molecule has 6 nitrogen and oxygen atoms in total. The zero-order valence-electron chi connectivity index (χ0n) is 11.9. The second-order valence-corrected chi connectivity index (χ2v) is 4.52. The highest BCUT2D eigenvalue weighted by Gasteiger charge is 2.21. The Kier molecular flexibility index (Phi) is 5.98. The molecule has 0 aliphatic rings. The maximum absolute atomic E-state index is 10.2. The van der Waals surface area contributed by atoms with Gasteiger partial charge in [0.1, 0.15) is 18.2 Å². The predicted molar refractivity (Wildman–Crippen MR) is 75.8 cm³/mol. The first-order chi connectivity index (χ1) is 9.03. The van der Waals surface area contributed by atoms with E-state index in [2.05, 4.69) is 15.3 Å². The fourth-order valence-corrected chi connectivity index (χ4v) is 1.62. The lowest BCUT2D eigenvalue weighted by Crippen LogP contribution is -2.35. The zero-order valence-corrected chi connectivity index (χ0v) is 11.9. The highest BCUT2D eigenvalue weighted by atomic mass is 16.5. The number of aromatic nitrogens is 2. The van der Waals surface area contributed by atoms with Crippen LogP contribution in [-0.4, -0.2) is 33.8 Å². The minimum atomic E-state index is -0.722. The quantitative estimate of drug-likeness (QED) is 0.662. The SMILES string of the molecule is CCOCc1nc(N)cc(NCC(O)(CC)CC)n1. The molecule has 0 aromatic carbocycles. The summed E-state index contributed by atoms with van der Waals surface area (Å²) >= 11 is 0. The standard InChI is InChI=1S/C13H24N4O2/c1-4-13(18,5-2)9-15-11-7-10(14)16-12(17-11)8-19-6-3/h7,18H,4-6,8-9H2,1-3H3,(H3,14,15,16,17). The van der Waals surface area contributed by atoms with Gasteiger partial charge in [0.15, 0.2) is 5.82 Å². The number of ether oxygens (including phenoxy) is 1. The first kappa shape index (κ1) is 15.7. The average molecular weight is 268 g/mol. The molecule has 1 aromatic heterocycles. The van der Waals surface area contributed by atoms with Crippen LogP contribution in [0.4, 0.5) is 11.6 Å². The van der Waals surface area contributed by atoms with E-state index in [1.807, 2.05) is 20.8 Å². The topological polar surface area (TPSA) is 93.3 Å². The van der Waals surface area contributed by atoms with Gasteiger partial charge in [0.25, 0.3) is 0 Å². The molecule has 1 rings (SSSR count). The lowest BCUT2D eigenvalue weighted by Gasteiger charge is -2.25. The number of hydrogen-bond acceptors (Lipinski definition) is 6. The van der Waals surface area contributed by atoms with E-state index in [4.69, 9.17) is 10.5 Å². The summed E-state index contributed by atoms with van der Waals surface area (Å²) in [6.45, 7) is 7.20. The lowest BCUT2D eigenvalue weighted by atomic mass is 9.98. The van der Waals surface area contributed by atoms with Crippen molar-refractivity contribution in [1.29, 1.82) is 0 Å². The molecule has 0 aliphatic carbocycles. The third kappa shape index (κ3) is 5.00. The van der Waals surface area contributed by atoms with Gasteiger partial charge in [0.2, 0.25) is 0 Å². The minimum Gasteiger partial charge on any atom is -0.388 e. The Hall–Kier alpha value is -1.40. The molecule has 0 saturated heterocycles. The first-order valence-electron chi connectivity index (χ1n) is 6.70. The fraction of sp³-hybridized carbons (Fsp3) is 0.692. The Morgan fingerprint density at radius 3 is 2.58 bits per heavy atom. The largest absolute Gasteiger partial charge is 0.388 e. The van der Waals surface area contributed by atoms with E-state index in [1.54, 1.807) is 6.07 Å². The summed E-state index contributed by atoms with van der Waals surface area (Å²) in [6, 6.07) is 1.65. The molecule has 0 bridgehead atoms. The molecule has 0 saturated carbocycles. The van der Waals surface area contributed by atoms with Gasteiger partial charge in [-0.2, -0.15) is 0 Å². The zero-order chi connectivity index (χ0) is 14.3. The first-order valence-corrected chi connectivity index (χ1v) is 6.70. The van der Waals surface area contributed by atoms with E-state index < -0.39 is 5.60 Å². The van der Waals surface area contributed by atoms with Crippen LogP contribution in [0.5, 0.6) is 0 Å². The number of rotatable bonds is 8. The van der Waals surface area contributed by atoms with Crippen LogP contribution in [0.1, 0.15) is 39.4 Å².